The maximum atomic E-state index is 11.7. The predicted octanol–water partition coefficient (Wildman–Crippen LogP) is -0.213. The highest BCUT2D eigenvalue weighted by molar-refractivity contribution is 6.05. The molecule has 0 bridgehead atoms. The molecule has 19 heavy (non-hydrogen) atoms. The van der Waals surface area contributed by atoms with Crippen molar-refractivity contribution in [2.45, 2.75) is 12.5 Å². The smallest absolute Gasteiger partial charge is 0.305 e. The highest BCUT2D eigenvalue weighted by Gasteiger charge is 2.19. The standard InChI is InChI=1S/C12H15N3O4/c1-14-11(18)7-4-2-3-5-9(7)15-12(19)8(13)6-10(16)17/h2-5,8H,6,13H2,1H3,(H,14,18)(H,15,19)(H,16,17). The summed E-state index contributed by atoms with van der Waals surface area (Å²) in [5.74, 6) is -2.18. The van der Waals surface area contributed by atoms with E-state index in [9.17, 15) is 14.4 Å². The normalized spacial score (nSPS) is 11.5. The number of nitrogens with one attached hydrogen (secondary N) is 2. The number of hydrogen-bond donors (Lipinski definition) is 4. The quantitative estimate of drug-likeness (QED) is 0.586. The van der Waals surface area contributed by atoms with Gasteiger partial charge >= 0.3 is 5.97 Å². The Bertz CT molecular complexity index is 502. The molecule has 1 unspecified atom stereocenters. The minimum Gasteiger partial charge on any atom is -0.481 e. The molecule has 0 spiro atoms. The van der Waals surface area contributed by atoms with Crippen molar-refractivity contribution >= 4 is 23.5 Å². The molecule has 0 saturated carbocycles. The van der Waals surface area contributed by atoms with Crippen LogP contribution in [0, 0.1) is 0 Å². The van der Waals surface area contributed by atoms with E-state index in [0.29, 0.717) is 0 Å². The second-order valence-electron chi connectivity index (χ2n) is 3.82. The van der Waals surface area contributed by atoms with Crippen molar-refractivity contribution < 1.29 is 19.5 Å². The Morgan fingerprint density at radius 3 is 2.53 bits per heavy atom. The molecule has 7 heteroatoms. The summed E-state index contributed by atoms with van der Waals surface area (Å²) in [6.07, 6.45) is -0.478. The Kier molecular flexibility index (Phi) is 5.01. The highest BCUT2D eigenvalue weighted by atomic mass is 16.4. The molecule has 2 amide bonds. The number of carbonyl (C=O) groups is 3. The molecule has 0 aliphatic rings. The van der Waals surface area contributed by atoms with Crippen molar-refractivity contribution in [3.8, 4) is 0 Å². The minimum absolute atomic E-state index is 0.279. The molecular formula is C12H15N3O4. The van der Waals surface area contributed by atoms with E-state index in [1.165, 1.54) is 19.2 Å². The van der Waals surface area contributed by atoms with Crippen LogP contribution < -0.4 is 16.4 Å². The SMILES string of the molecule is CNC(=O)c1ccccc1NC(=O)C(N)CC(=O)O. The van der Waals surface area contributed by atoms with Crippen LogP contribution in [0.4, 0.5) is 5.69 Å². The number of para-hydroxylation sites is 1. The molecule has 0 aliphatic heterocycles. The van der Waals surface area contributed by atoms with Crippen molar-refractivity contribution in [1.82, 2.24) is 5.32 Å². The third kappa shape index (κ3) is 4.07. The van der Waals surface area contributed by atoms with Crippen molar-refractivity contribution in [2.75, 3.05) is 12.4 Å². The van der Waals surface area contributed by atoms with E-state index in [-0.39, 0.29) is 17.2 Å². The molecule has 102 valence electrons. The molecule has 7 nitrogen and oxygen atoms in total. The van der Waals surface area contributed by atoms with Crippen LogP contribution in [0.1, 0.15) is 16.8 Å². The summed E-state index contributed by atoms with van der Waals surface area (Å²) in [6, 6.07) is 5.20. The van der Waals surface area contributed by atoms with Gasteiger partial charge in [-0.3, -0.25) is 14.4 Å². The summed E-state index contributed by atoms with van der Waals surface area (Å²) in [5.41, 5.74) is 5.99. The van der Waals surface area contributed by atoms with E-state index in [1.807, 2.05) is 0 Å². The topological polar surface area (TPSA) is 122 Å². The van der Waals surface area contributed by atoms with Gasteiger partial charge in [0, 0.05) is 7.05 Å². The van der Waals surface area contributed by atoms with Crippen LogP contribution in [-0.4, -0.2) is 36.0 Å². The lowest BCUT2D eigenvalue weighted by molar-refractivity contribution is -0.138. The summed E-state index contributed by atoms with van der Waals surface area (Å²) < 4.78 is 0. The first kappa shape index (κ1) is 14.7. The van der Waals surface area contributed by atoms with E-state index in [4.69, 9.17) is 10.8 Å². The largest absolute Gasteiger partial charge is 0.481 e. The van der Waals surface area contributed by atoms with Gasteiger partial charge in [-0.25, -0.2) is 0 Å². The number of carbonyl (C=O) groups excluding carboxylic acids is 2. The molecule has 0 heterocycles. The first-order valence-electron chi connectivity index (χ1n) is 5.55. The van der Waals surface area contributed by atoms with Gasteiger partial charge < -0.3 is 21.5 Å². The van der Waals surface area contributed by atoms with Crippen molar-refractivity contribution in [3.05, 3.63) is 29.8 Å². The maximum Gasteiger partial charge on any atom is 0.305 e. The predicted molar refractivity (Wildman–Crippen MR) is 68.7 cm³/mol. The molecule has 1 rings (SSSR count). The molecule has 5 N–H and O–H groups in total. The molecule has 1 atom stereocenters. The fraction of sp³-hybridized carbons (Fsp3) is 0.250. The number of carboxylic acids is 1. The maximum absolute atomic E-state index is 11.7. The second kappa shape index (κ2) is 6.50. The molecular weight excluding hydrogens is 250 g/mol. The van der Waals surface area contributed by atoms with Crippen LogP contribution in [0.2, 0.25) is 0 Å². The van der Waals surface area contributed by atoms with Crippen LogP contribution >= 0.6 is 0 Å². The van der Waals surface area contributed by atoms with E-state index < -0.39 is 24.3 Å². The summed E-state index contributed by atoms with van der Waals surface area (Å²) >= 11 is 0. The number of amides is 2. The molecule has 0 saturated heterocycles. The third-order valence-electron chi connectivity index (χ3n) is 2.39. The Balaban J connectivity index is 2.85. The zero-order valence-corrected chi connectivity index (χ0v) is 10.3. The van der Waals surface area contributed by atoms with Crippen LogP contribution in [0.25, 0.3) is 0 Å². The lowest BCUT2D eigenvalue weighted by Gasteiger charge is -2.13. The number of carboxylic acid groups (broad SMARTS) is 1. The number of aliphatic carboxylic acids is 1. The number of hydrogen-bond acceptors (Lipinski definition) is 4. The minimum atomic E-state index is -1.17. The van der Waals surface area contributed by atoms with Crippen molar-refractivity contribution in [3.63, 3.8) is 0 Å². The van der Waals surface area contributed by atoms with Gasteiger partial charge in [0.25, 0.3) is 5.91 Å². The first-order valence-corrected chi connectivity index (χ1v) is 5.55. The van der Waals surface area contributed by atoms with Gasteiger partial charge in [0.15, 0.2) is 0 Å². The van der Waals surface area contributed by atoms with E-state index in [1.54, 1.807) is 12.1 Å². The number of benzene rings is 1. The fourth-order valence-corrected chi connectivity index (χ4v) is 1.43. The van der Waals surface area contributed by atoms with Crippen molar-refractivity contribution in [2.24, 2.45) is 5.73 Å². The van der Waals surface area contributed by atoms with Gasteiger partial charge in [-0.2, -0.15) is 0 Å². The van der Waals surface area contributed by atoms with Gasteiger partial charge in [-0.1, -0.05) is 12.1 Å². The number of rotatable bonds is 5. The zero-order valence-electron chi connectivity index (χ0n) is 10.3. The van der Waals surface area contributed by atoms with Crippen LogP contribution in [0.15, 0.2) is 24.3 Å². The van der Waals surface area contributed by atoms with E-state index >= 15 is 0 Å². The summed E-state index contributed by atoms with van der Waals surface area (Å²) in [4.78, 5) is 33.7. The van der Waals surface area contributed by atoms with Gasteiger partial charge in [0.05, 0.1) is 23.7 Å². The van der Waals surface area contributed by atoms with E-state index in [0.717, 1.165) is 0 Å². The van der Waals surface area contributed by atoms with Gasteiger partial charge in [-0.05, 0) is 12.1 Å². The first-order chi connectivity index (χ1) is 8.95. The van der Waals surface area contributed by atoms with Crippen LogP contribution in [0.3, 0.4) is 0 Å². The highest BCUT2D eigenvalue weighted by Crippen LogP contribution is 2.15. The molecule has 1 aromatic carbocycles. The Hall–Kier alpha value is -2.41. The average molecular weight is 265 g/mol. The molecule has 0 fully saturated rings. The third-order valence-corrected chi connectivity index (χ3v) is 2.39. The zero-order chi connectivity index (χ0) is 14.4. The van der Waals surface area contributed by atoms with Crippen molar-refractivity contribution in [1.29, 1.82) is 0 Å². The second-order valence-corrected chi connectivity index (χ2v) is 3.82. The average Bonchev–Trinajstić information content (AvgIpc) is 2.37. The molecule has 1 aromatic rings. The van der Waals surface area contributed by atoms with Gasteiger partial charge in [-0.15, -0.1) is 0 Å². The summed E-state index contributed by atoms with van der Waals surface area (Å²) in [6.45, 7) is 0. The van der Waals surface area contributed by atoms with E-state index in [2.05, 4.69) is 10.6 Å². The Morgan fingerprint density at radius 2 is 1.95 bits per heavy atom. The summed E-state index contributed by atoms with van der Waals surface area (Å²) in [7, 11) is 1.47. The fourth-order valence-electron chi connectivity index (χ4n) is 1.43. The van der Waals surface area contributed by atoms with Gasteiger partial charge in [0.1, 0.15) is 0 Å². The summed E-state index contributed by atoms with van der Waals surface area (Å²) in [5, 5.41) is 13.4. The number of nitrogens with two attached hydrogens (primary N) is 1. The van der Waals surface area contributed by atoms with Crippen LogP contribution in [0.5, 0.6) is 0 Å². The lowest BCUT2D eigenvalue weighted by atomic mass is 10.1. The van der Waals surface area contributed by atoms with Crippen LogP contribution in [-0.2, 0) is 9.59 Å². The number of anilines is 1. The lowest BCUT2D eigenvalue weighted by Crippen LogP contribution is -2.38. The molecule has 0 aliphatic carbocycles. The Morgan fingerprint density at radius 1 is 1.32 bits per heavy atom. The molecule has 0 aromatic heterocycles. The van der Waals surface area contributed by atoms with Gasteiger partial charge in [0.2, 0.25) is 5.91 Å². The molecule has 0 radical (unpaired) electrons. The Labute approximate surface area is 109 Å². The monoisotopic (exact) mass is 265 g/mol.